The second kappa shape index (κ2) is 11.8. The highest BCUT2D eigenvalue weighted by Crippen LogP contribution is 2.31. The van der Waals surface area contributed by atoms with Gasteiger partial charge >= 0.3 is 0 Å². The number of piperazine rings is 1. The van der Waals surface area contributed by atoms with Crippen LogP contribution in [0.1, 0.15) is 32.1 Å². The third-order valence-corrected chi connectivity index (χ3v) is 7.81. The number of hydrogen-bond donors (Lipinski definition) is 1. The number of para-hydroxylation sites is 3. The minimum Gasteiger partial charge on any atom is -0.496 e. The van der Waals surface area contributed by atoms with E-state index in [0.29, 0.717) is 16.9 Å². The first kappa shape index (κ1) is 24.6. The highest BCUT2D eigenvalue weighted by molar-refractivity contribution is 7.99. The van der Waals surface area contributed by atoms with E-state index in [2.05, 4.69) is 31.4 Å². The monoisotopic (exact) mass is 507 g/mol. The molecular weight excluding hydrogens is 474 g/mol. The van der Waals surface area contributed by atoms with Crippen molar-refractivity contribution >= 4 is 29.0 Å². The summed E-state index contributed by atoms with van der Waals surface area (Å²) in [4.78, 5) is 17.8. The van der Waals surface area contributed by atoms with E-state index in [1.165, 1.54) is 43.9 Å². The molecule has 2 fully saturated rings. The number of amides is 1. The van der Waals surface area contributed by atoms with Crippen LogP contribution in [0.5, 0.6) is 5.75 Å². The summed E-state index contributed by atoms with van der Waals surface area (Å²) in [5.41, 5.74) is 2.64. The summed E-state index contributed by atoms with van der Waals surface area (Å²) in [6.45, 7) is 4.11. The van der Waals surface area contributed by atoms with E-state index >= 15 is 0 Å². The Morgan fingerprint density at radius 3 is 2.58 bits per heavy atom. The van der Waals surface area contributed by atoms with Crippen LogP contribution < -0.4 is 15.0 Å². The van der Waals surface area contributed by atoms with Crippen molar-refractivity contribution < 1.29 is 13.9 Å². The van der Waals surface area contributed by atoms with Crippen LogP contribution in [0.15, 0.2) is 58.2 Å². The van der Waals surface area contributed by atoms with E-state index < -0.39 is 0 Å². The lowest BCUT2D eigenvalue weighted by Gasteiger charge is -2.42. The Morgan fingerprint density at radius 1 is 1.03 bits per heavy atom. The topological polar surface area (TPSA) is 83.7 Å². The summed E-state index contributed by atoms with van der Waals surface area (Å²) >= 11 is 1.22. The number of thioether (sulfide) groups is 1. The number of nitrogens with one attached hydrogen (secondary N) is 1. The van der Waals surface area contributed by atoms with Gasteiger partial charge in [-0.05, 0) is 37.1 Å². The number of nitrogens with zero attached hydrogens (tertiary/aromatic N) is 4. The molecule has 1 aliphatic heterocycles. The van der Waals surface area contributed by atoms with E-state index in [-0.39, 0.29) is 11.7 Å². The summed E-state index contributed by atoms with van der Waals surface area (Å²) < 4.78 is 11.1. The van der Waals surface area contributed by atoms with Crippen molar-refractivity contribution in [1.82, 2.24) is 15.1 Å². The first-order valence-electron chi connectivity index (χ1n) is 12.7. The molecule has 0 radical (unpaired) electrons. The van der Waals surface area contributed by atoms with E-state index in [1.54, 1.807) is 7.11 Å². The summed E-state index contributed by atoms with van der Waals surface area (Å²) in [5.74, 6) is 1.10. The van der Waals surface area contributed by atoms with Gasteiger partial charge in [0.2, 0.25) is 5.91 Å². The van der Waals surface area contributed by atoms with Gasteiger partial charge < -0.3 is 19.4 Å². The summed E-state index contributed by atoms with van der Waals surface area (Å²) in [5, 5.41) is 11.6. The Labute approximate surface area is 216 Å². The lowest BCUT2D eigenvalue weighted by Crippen LogP contribution is -2.51. The number of ether oxygens (including phenoxy) is 1. The molecule has 9 heteroatoms. The molecular formula is C27H33N5O3S. The van der Waals surface area contributed by atoms with Gasteiger partial charge in [0.05, 0.1) is 29.8 Å². The number of rotatable bonds is 8. The van der Waals surface area contributed by atoms with Crippen molar-refractivity contribution in [2.24, 2.45) is 0 Å². The van der Waals surface area contributed by atoms with Crippen LogP contribution in [0.4, 0.5) is 11.4 Å². The zero-order valence-electron chi connectivity index (χ0n) is 20.7. The fourth-order valence-corrected chi connectivity index (χ4v) is 5.70. The number of aromatic nitrogens is 2. The predicted molar refractivity (Wildman–Crippen MR) is 143 cm³/mol. The quantitative estimate of drug-likeness (QED) is 0.430. The molecule has 5 rings (SSSR count). The maximum absolute atomic E-state index is 12.8. The molecule has 1 N–H and O–H groups in total. The molecule has 0 atom stereocenters. The van der Waals surface area contributed by atoms with E-state index in [9.17, 15) is 4.79 Å². The van der Waals surface area contributed by atoms with Gasteiger partial charge in [0.15, 0.2) is 0 Å². The van der Waals surface area contributed by atoms with Gasteiger partial charge in [0, 0.05) is 32.2 Å². The molecule has 2 aromatic carbocycles. The number of hydrogen-bond acceptors (Lipinski definition) is 8. The smallest absolute Gasteiger partial charge is 0.277 e. The minimum absolute atomic E-state index is 0.106. The first-order valence-corrected chi connectivity index (χ1v) is 13.7. The van der Waals surface area contributed by atoms with Gasteiger partial charge in [0.25, 0.3) is 11.1 Å². The zero-order valence-corrected chi connectivity index (χ0v) is 21.5. The Hall–Kier alpha value is -3.04. The number of benzene rings is 2. The molecule has 3 aromatic rings. The van der Waals surface area contributed by atoms with Gasteiger partial charge in [-0.3, -0.25) is 9.69 Å². The van der Waals surface area contributed by atoms with E-state index in [4.69, 9.17) is 9.15 Å². The molecule has 36 heavy (non-hydrogen) atoms. The van der Waals surface area contributed by atoms with Crippen molar-refractivity contribution in [3.8, 4) is 17.2 Å². The maximum Gasteiger partial charge on any atom is 0.277 e. The highest BCUT2D eigenvalue weighted by Gasteiger charge is 2.26. The standard InChI is InChI=1S/C27H33N5O3S/c1-34-24-14-8-5-11-21(24)26-29-30-27(35-26)36-19-25(33)28-22-12-6-7-13-23(22)32-17-15-31(16-18-32)20-9-3-2-4-10-20/h5-8,11-14,20H,2-4,9-10,15-19H2,1H3,(H,28,33). The Kier molecular flexibility index (Phi) is 8.08. The number of carbonyl (C=O) groups excluding carboxylic acids is 1. The third-order valence-electron chi connectivity index (χ3n) is 6.99. The first-order chi connectivity index (χ1) is 17.7. The molecule has 1 aromatic heterocycles. The lowest BCUT2D eigenvalue weighted by molar-refractivity contribution is -0.113. The zero-order chi connectivity index (χ0) is 24.7. The largest absolute Gasteiger partial charge is 0.496 e. The van der Waals surface area contributed by atoms with Gasteiger partial charge in [0.1, 0.15) is 5.75 Å². The van der Waals surface area contributed by atoms with Gasteiger partial charge in [-0.15, -0.1) is 10.2 Å². The molecule has 1 saturated carbocycles. The van der Waals surface area contributed by atoms with Crippen LogP contribution in [0.2, 0.25) is 0 Å². The number of carbonyl (C=O) groups is 1. The van der Waals surface area contributed by atoms with Crippen molar-refractivity contribution in [1.29, 1.82) is 0 Å². The van der Waals surface area contributed by atoms with Gasteiger partial charge in [-0.1, -0.05) is 55.3 Å². The van der Waals surface area contributed by atoms with Crippen molar-refractivity contribution in [3.63, 3.8) is 0 Å². The molecule has 2 heterocycles. The summed E-state index contributed by atoms with van der Waals surface area (Å²) in [6, 6.07) is 16.3. The average Bonchev–Trinajstić information content (AvgIpc) is 3.42. The minimum atomic E-state index is -0.106. The van der Waals surface area contributed by atoms with E-state index in [1.807, 2.05) is 42.5 Å². The van der Waals surface area contributed by atoms with Crippen LogP contribution in [0.25, 0.3) is 11.5 Å². The van der Waals surface area contributed by atoms with Crippen LogP contribution in [-0.2, 0) is 4.79 Å². The van der Waals surface area contributed by atoms with E-state index in [0.717, 1.165) is 49.2 Å². The van der Waals surface area contributed by atoms with Crippen LogP contribution >= 0.6 is 11.8 Å². The lowest BCUT2D eigenvalue weighted by atomic mass is 9.94. The molecule has 0 bridgehead atoms. The number of methoxy groups -OCH3 is 1. The molecule has 1 aliphatic carbocycles. The molecule has 0 unspecified atom stereocenters. The Balaban J connectivity index is 1.16. The normalized spacial score (nSPS) is 17.2. The van der Waals surface area contributed by atoms with Crippen molar-refractivity contribution in [3.05, 3.63) is 48.5 Å². The van der Waals surface area contributed by atoms with Crippen molar-refractivity contribution in [2.45, 2.75) is 43.4 Å². The average molecular weight is 508 g/mol. The summed E-state index contributed by atoms with van der Waals surface area (Å²) in [6.07, 6.45) is 6.79. The molecule has 190 valence electrons. The Bertz CT molecular complexity index is 1160. The van der Waals surface area contributed by atoms with Crippen LogP contribution in [0, 0.1) is 0 Å². The van der Waals surface area contributed by atoms with Crippen LogP contribution in [0.3, 0.4) is 0 Å². The highest BCUT2D eigenvalue weighted by atomic mass is 32.2. The molecule has 0 spiro atoms. The predicted octanol–water partition coefficient (Wildman–Crippen LogP) is 4.93. The second-order valence-corrected chi connectivity index (χ2v) is 10.2. The SMILES string of the molecule is COc1ccccc1-c1nnc(SCC(=O)Nc2ccccc2N2CCN(C3CCCCC3)CC2)o1. The van der Waals surface area contributed by atoms with Crippen molar-refractivity contribution in [2.75, 3.05) is 49.3 Å². The molecule has 8 nitrogen and oxygen atoms in total. The Morgan fingerprint density at radius 2 is 1.78 bits per heavy atom. The third kappa shape index (κ3) is 5.84. The van der Waals surface area contributed by atoms with Gasteiger partial charge in [-0.25, -0.2) is 0 Å². The molecule has 1 saturated heterocycles. The fourth-order valence-electron chi connectivity index (χ4n) is 5.14. The molecule has 1 amide bonds. The molecule has 2 aliphatic rings. The number of anilines is 2. The van der Waals surface area contributed by atoms with Gasteiger partial charge in [-0.2, -0.15) is 0 Å². The second-order valence-electron chi connectivity index (χ2n) is 9.24. The fraction of sp³-hybridized carbons (Fsp3) is 0.444. The van der Waals surface area contributed by atoms with Crippen LogP contribution in [-0.4, -0.2) is 66.1 Å². The summed E-state index contributed by atoms with van der Waals surface area (Å²) in [7, 11) is 1.60. The maximum atomic E-state index is 12.8.